The summed E-state index contributed by atoms with van der Waals surface area (Å²) in [5.41, 5.74) is 0.764. The zero-order valence-electron chi connectivity index (χ0n) is 14.3. The van der Waals surface area contributed by atoms with Crippen molar-refractivity contribution < 1.29 is 32.2 Å². The molecule has 0 aliphatic carbocycles. The van der Waals surface area contributed by atoms with E-state index in [2.05, 4.69) is 10.1 Å². The summed E-state index contributed by atoms with van der Waals surface area (Å²) in [7, 11) is 1.35. The fraction of sp³-hybridized carbons (Fsp3) is 0.278. The summed E-state index contributed by atoms with van der Waals surface area (Å²) in [6, 6.07) is 8.32. The second-order valence-electron chi connectivity index (χ2n) is 5.33. The number of hydrogen-bond donors (Lipinski definition) is 1. The topological polar surface area (TPSA) is 56.8 Å². The summed E-state index contributed by atoms with van der Waals surface area (Å²) in [6.45, 7) is -2.91. The lowest BCUT2D eigenvalue weighted by Crippen LogP contribution is -2.30. The molecule has 2 aromatic carbocycles. The first-order valence-electron chi connectivity index (χ1n) is 7.85. The summed E-state index contributed by atoms with van der Waals surface area (Å²) >= 11 is 5.63. The number of nitrogens with one attached hydrogen (secondary N) is 1. The van der Waals surface area contributed by atoms with E-state index in [9.17, 15) is 18.0 Å². The Kier molecular flexibility index (Phi) is 7.60. The molecule has 0 radical (unpaired) electrons. The number of amides is 1. The molecule has 2 rings (SSSR count). The summed E-state index contributed by atoms with van der Waals surface area (Å²) in [5.74, 6) is -0.563. The fourth-order valence-corrected chi connectivity index (χ4v) is 2.34. The average Bonchev–Trinajstić information content (AvgIpc) is 2.63. The van der Waals surface area contributed by atoms with E-state index in [-0.39, 0.29) is 34.8 Å². The molecule has 0 aliphatic heterocycles. The van der Waals surface area contributed by atoms with Crippen LogP contribution in [0.15, 0.2) is 36.4 Å². The Morgan fingerprint density at radius 3 is 2.63 bits per heavy atom. The predicted molar refractivity (Wildman–Crippen MR) is 93.2 cm³/mol. The van der Waals surface area contributed by atoms with E-state index in [0.29, 0.717) is 13.0 Å². The van der Waals surface area contributed by atoms with Crippen molar-refractivity contribution in [2.24, 2.45) is 0 Å². The second kappa shape index (κ2) is 9.91. The van der Waals surface area contributed by atoms with Gasteiger partial charge >= 0.3 is 6.61 Å². The maximum Gasteiger partial charge on any atom is 0.387 e. The normalized spacial score (nSPS) is 10.6. The molecule has 0 unspecified atom stereocenters. The molecule has 27 heavy (non-hydrogen) atoms. The Balaban J connectivity index is 1.79. The van der Waals surface area contributed by atoms with Crippen molar-refractivity contribution in [1.29, 1.82) is 0 Å². The Hall–Kier alpha value is -2.61. The number of methoxy groups -OCH3 is 1. The zero-order chi connectivity index (χ0) is 19.8. The van der Waals surface area contributed by atoms with Crippen LogP contribution in [-0.4, -0.2) is 32.8 Å². The van der Waals surface area contributed by atoms with Crippen LogP contribution in [0.1, 0.15) is 5.56 Å². The number of halogens is 4. The molecule has 0 saturated carbocycles. The van der Waals surface area contributed by atoms with Gasteiger partial charge in [0.25, 0.3) is 5.91 Å². The molecule has 0 bridgehead atoms. The van der Waals surface area contributed by atoms with Crippen LogP contribution in [0.3, 0.4) is 0 Å². The summed E-state index contributed by atoms with van der Waals surface area (Å²) in [5, 5.41) is 2.55. The van der Waals surface area contributed by atoms with E-state index < -0.39 is 12.4 Å². The lowest BCUT2D eigenvalue weighted by molar-refractivity contribution is -0.123. The number of carbonyl (C=O) groups is 1. The van der Waals surface area contributed by atoms with Crippen LogP contribution in [-0.2, 0) is 11.2 Å². The van der Waals surface area contributed by atoms with Crippen molar-refractivity contribution in [2.45, 2.75) is 13.0 Å². The third-order valence-electron chi connectivity index (χ3n) is 3.44. The zero-order valence-corrected chi connectivity index (χ0v) is 15.1. The molecule has 1 N–H and O–H groups in total. The molecule has 0 saturated heterocycles. The monoisotopic (exact) mass is 403 g/mol. The van der Waals surface area contributed by atoms with Crippen LogP contribution in [0.25, 0.3) is 0 Å². The van der Waals surface area contributed by atoms with Crippen LogP contribution in [0, 0.1) is 5.82 Å². The van der Waals surface area contributed by atoms with Gasteiger partial charge in [0.15, 0.2) is 18.1 Å². The van der Waals surface area contributed by atoms with E-state index in [0.717, 1.165) is 11.6 Å². The van der Waals surface area contributed by atoms with Crippen LogP contribution in [0.2, 0.25) is 5.02 Å². The molecular formula is C18H17ClF3NO4. The third-order valence-corrected chi connectivity index (χ3v) is 3.73. The third kappa shape index (κ3) is 6.56. The van der Waals surface area contributed by atoms with Gasteiger partial charge in [-0.3, -0.25) is 4.79 Å². The molecule has 0 spiro atoms. The Morgan fingerprint density at radius 1 is 1.19 bits per heavy atom. The molecular weight excluding hydrogens is 387 g/mol. The van der Waals surface area contributed by atoms with Crippen LogP contribution in [0.4, 0.5) is 13.2 Å². The molecule has 2 aromatic rings. The van der Waals surface area contributed by atoms with Crippen LogP contribution < -0.4 is 19.5 Å². The van der Waals surface area contributed by atoms with Crippen LogP contribution in [0.5, 0.6) is 17.2 Å². The van der Waals surface area contributed by atoms with Gasteiger partial charge in [-0.1, -0.05) is 17.7 Å². The molecule has 0 fully saturated rings. The highest BCUT2D eigenvalue weighted by molar-refractivity contribution is 6.30. The Labute approximate surface area is 159 Å². The standard InChI is InChI=1S/C18H17ClF3NO4/c1-25-16-8-11(2-5-15(16)27-18(21)22)6-7-23-17(24)10-26-12-3-4-14(20)13(19)9-12/h2-5,8-9,18H,6-7,10H2,1H3,(H,23,24). The van der Waals surface area contributed by atoms with Gasteiger partial charge in [0.2, 0.25) is 0 Å². The molecule has 1 amide bonds. The van der Waals surface area contributed by atoms with Gasteiger partial charge in [0.05, 0.1) is 12.1 Å². The first-order valence-corrected chi connectivity index (χ1v) is 8.23. The van der Waals surface area contributed by atoms with Gasteiger partial charge < -0.3 is 19.5 Å². The van der Waals surface area contributed by atoms with E-state index >= 15 is 0 Å². The molecule has 0 heterocycles. The maximum absolute atomic E-state index is 13.0. The molecule has 0 aliphatic rings. The average molecular weight is 404 g/mol. The highest BCUT2D eigenvalue weighted by Crippen LogP contribution is 2.29. The maximum atomic E-state index is 13.0. The fourth-order valence-electron chi connectivity index (χ4n) is 2.17. The second-order valence-corrected chi connectivity index (χ2v) is 5.74. The number of carbonyl (C=O) groups excluding carboxylic acids is 1. The highest BCUT2D eigenvalue weighted by atomic mass is 35.5. The quantitative estimate of drug-likeness (QED) is 0.691. The van der Waals surface area contributed by atoms with Crippen molar-refractivity contribution in [1.82, 2.24) is 5.32 Å². The SMILES string of the molecule is COc1cc(CCNC(=O)COc2ccc(F)c(Cl)c2)ccc1OC(F)F. The van der Waals surface area contributed by atoms with Gasteiger partial charge in [0, 0.05) is 12.6 Å². The minimum Gasteiger partial charge on any atom is -0.493 e. The first kappa shape index (κ1) is 20.7. The van der Waals surface area contributed by atoms with Gasteiger partial charge in [-0.2, -0.15) is 8.78 Å². The van der Waals surface area contributed by atoms with E-state index in [1.807, 2.05) is 0 Å². The minimum absolute atomic E-state index is 0.0633. The molecule has 146 valence electrons. The number of rotatable bonds is 9. The van der Waals surface area contributed by atoms with Crippen molar-refractivity contribution >= 4 is 17.5 Å². The van der Waals surface area contributed by atoms with Gasteiger partial charge in [-0.05, 0) is 36.2 Å². The number of benzene rings is 2. The van der Waals surface area contributed by atoms with Gasteiger partial charge in [0.1, 0.15) is 11.6 Å². The summed E-state index contributed by atoms with van der Waals surface area (Å²) in [4.78, 5) is 11.8. The van der Waals surface area contributed by atoms with Crippen molar-refractivity contribution in [3.05, 3.63) is 52.8 Å². The Morgan fingerprint density at radius 2 is 1.96 bits per heavy atom. The van der Waals surface area contributed by atoms with Crippen LogP contribution >= 0.6 is 11.6 Å². The van der Waals surface area contributed by atoms with Gasteiger partial charge in [-0.25, -0.2) is 4.39 Å². The lowest BCUT2D eigenvalue weighted by atomic mass is 10.1. The highest BCUT2D eigenvalue weighted by Gasteiger charge is 2.11. The lowest BCUT2D eigenvalue weighted by Gasteiger charge is -2.12. The van der Waals surface area contributed by atoms with E-state index in [1.165, 1.54) is 25.3 Å². The largest absolute Gasteiger partial charge is 0.493 e. The van der Waals surface area contributed by atoms with Gasteiger partial charge in [-0.15, -0.1) is 0 Å². The number of hydrogen-bond acceptors (Lipinski definition) is 4. The van der Waals surface area contributed by atoms with Crippen molar-refractivity contribution in [3.63, 3.8) is 0 Å². The summed E-state index contributed by atoms with van der Waals surface area (Å²) in [6.07, 6.45) is 0.444. The molecule has 0 atom stereocenters. The first-order chi connectivity index (χ1) is 12.9. The number of ether oxygens (including phenoxy) is 3. The predicted octanol–water partition coefficient (Wildman–Crippen LogP) is 3.83. The summed E-state index contributed by atoms with van der Waals surface area (Å²) < 4.78 is 52.2. The molecule has 9 heteroatoms. The smallest absolute Gasteiger partial charge is 0.387 e. The van der Waals surface area contributed by atoms with E-state index in [1.54, 1.807) is 12.1 Å². The molecule has 0 aromatic heterocycles. The molecule has 5 nitrogen and oxygen atoms in total. The van der Waals surface area contributed by atoms with Crippen molar-refractivity contribution in [3.8, 4) is 17.2 Å². The Bertz CT molecular complexity index is 789. The van der Waals surface area contributed by atoms with E-state index in [4.69, 9.17) is 21.1 Å². The number of alkyl halides is 2. The minimum atomic E-state index is -2.94. The van der Waals surface area contributed by atoms with Crippen molar-refractivity contribution in [2.75, 3.05) is 20.3 Å².